The third kappa shape index (κ3) is 3.21. The Morgan fingerprint density at radius 2 is 2.07 bits per heavy atom. The molecule has 0 spiro atoms. The number of nitrogens with one attached hydrogen (secondary N) is 1. The molecule has 2 aromatic heterocycles. The van der Waals surface area contributed by atoms with Crippen molar-refractivity contribution in [3.8, 4) is 0 Å². The molecule has 0 saturated carbocycles. The molecular weight excluding hydrogens is 392 g/mol. The molecule has 4 aliphatic rings. The zero-order valence-corrected chi connectivity index (χ0v) is 17.5. The van der Waals surface area contributed by atoms with Gasteiger partial charge >= 0.3 is 0 Å². The highest BCUT2D eigenvalue weighted by Crippen LogP contribution is 2.35. The fourth-order valence-corrected chi connectivity index (χ4v) is 6.60. The van der Waals surface area contributed by atoms with E-state index in [4.69, 9.17) is 0 Å². The molecule has 0 aromatic carbocycles. The smallest absolute Gasteiger partial charge is 0.270 e. The van der Waals surface area contributed by atoms with Crippen LogP contribution in [0.2, 0.25) is 0 Å². The van der Waals surface area contributed by atoms with Crippen LogP contribution in [0.25, 0.3) is 10.1 Å². The lowest BCUT2D eigenvalue weighted by atomic mass is 9.79. The van der Waals surface area contributed by atoms with Crippen molar-refractivity contribution in [1.82, 2.24) is 15.2 Å². The number of carbonyl (C=O) groups excluding carboxylic acids is 2. The molecule has 6 nitrogen and oxygen atoms in total. The number of thiophene rings is 1. The predicted octanol–water partition coefficient (Wildman–Crippen LogP) is 2.59. The molecule has 0 unspecified atom stereocenters. The number of aromatic nitrogens is 1. The maximum Gasteiger partial charge on any atom is 0.270 e. The second-order valence-electron chi connectivity index (χ2n) is 7.90. The SMILES string of the molecule is C[C@H]1[C@H](NC(=O)c2cc3sc(N4CCSCC4=O)cc3cn2)C2CCN1CC2. The summed E-state index contributed by atoms with van der Waals surface area (Å²) in [6.07, 6.45) is 4.09. The van der Waals surface area contributed by atoms with Crippen LogP contribution < -0.4 is 10.2 Å². The van der Waals surface area contributed by atoms with Crippen molar-refractivity contribution >= 4 is 50.0 Å². The van der Waals surface area contributed by atoms with Crippen molar-refractivity contribution in [1.29, 1.82) is 0 Å². The van der Waals surface area contributed by atoms with Crippen LogP contribution in [0.1, 0.15) is 30.3 Å². The molecule has 6 rings (SSSR count). The first-order valence-corrected chi connectivity index (χ1v) is 11.9. The third-order valence-electron chi connectivity index (χ3n) is 6.35. The van der Waals surface area contributed by atoms with Gasteiger partial charge in [0.25, 0.3) is 5.91 Å². The van der Waals surface area contributed by atoms with Gasteiger partial charge in [-0.1, -0.05) is 0 Å². The summed E-state index contributed by atoms with van der Waals surface area (Å²) in [6.45, 7) is 5.25. The van der Waals surface area contributed by atoms with Crippen molar-refractivity contribution < 1.29 is 9.59 Å². The standard InChI is InChI=1S/C20H24N4O2S2/c1-12-19(13-2-4-23(12)5-3-13)22-20(26)15-9-16-14(10-21-15)8-18(28-16)24-6-7-27-11-17(24)25/h8-10,12-13,19H,2-7,11H2,1H3,(H,22,26)/t12-,19-/m0/s1. The molecule has 2 atom stereocenters. The van der Waals surface area contributed by atoms with Crippen LogP contribution in [0.5, 0.6) is 0 Å². The Kier molecular flexibility index (Phi) is 4.80. The number of piperidine rings is 3. The van der Waals surface area contributed by atoms with E-state index in [1.54, 1.807) is 29.3 Å². The minimum Gasteiger partial charge on any atom is -0.346 e. The van der Waals surface area contributed by atoms with E-state index in [1.165, 1.54) is 0 Å². The number of anilines is 1. The quantitative estimate of drug-likeness (QED) is 0.833. The molecule has 2 amide bonds. The van der Waals surface area contributed by atoms with Crippen molar-refractivity contribution in [2.45, 2.75) is 31.8 Å². The van der Waals surface area contributed by atoms with Crippen LogP contribution in [0, 0.1) is 5.92 Å². The Hall–Kier alpha value is -1.64. The fourth-order valence-electron chi connectivity index (χ4n) is 4.70. The summed E-state index contributed by atoms with van der Waals surface area (Å²) < 4.78 is 1.00. The number of pyridine rings is 1. The average Bonchev–Trinajstić information content (AvgIpc) is 3.14. The summed E-state index contributed by atoms with van der Waals surface area (Å²) in [6, 6.07) is 4.47. The molecule has 4 saturated heterocycles. The largest absolute Gasteiger partial charge is 0.346 e. The lowest BCUT2D eigenvalue weighted by Gasteiger charge is -2.49. The Morgan fingerprint density at radius 1 is 1.25 bits per heavy atom. The van der Waals surface area contributed by atoms with Gasteiger partial charge in [-0.3, -0.25) is 19.5 Å². The Labute approximate surface area is 172 Å². The van der Waals surface area contributed by atoms with E-state index in [0.717, 1.165) is 53.3 Å². The molecule has 0 aliphatic carbocycles. The number of amides is 2. The van der Waals surface area contributed by atoms with Crippen molar-refractivity contribution in [2.24, 2.45) is 5.92 Å². The number of carbonyl (C=O) groups is 2. The number of fused-ring (bicyclic) bond motifs is 4. The van der Waals surface area contributed by atoms with E-state index < -0.39 is 0 Å². The number of nitrogens with zero attached hydrogens (tertiary/aromatic N) is 3. The zero-order chi connectivity index (χ0) is 19.3. The molecule has 28 heavy (non-hydrogen) atoms. The average molecular weight is 417 g/mol. The van der Waals surface area contributed by atoms with E-state index >= 15 is 0 Å². The molecule has 1 N–H and O–H groups in total. The second kappa shape index (κ2) is 7.31. The third-order valence-corrected chi connectivity index (χ3v) is 8.39. The molecular formula is C20H24N4O2S2. The first kappa shape index (κ1) is 18.4. The lowest BCUT2D eigenvalue weighted by Crippen LogP contribution is -2.62. The van der Waals surface area contributed by atoms with Crippen LogP contribution >= 0.6 is 23.1 Å². The van der Waals surface area contributed by atoms with E-state index in [0.29, 0.717) is 23.4 Å². The normalized spacial score (nSPS) is 30.0. The highest BCUT2D eigenvalue weighted by molar-refractivity contribution is 8.00. The maximum atomic E-state index is 12.9. The Bertz CT molecular complexity index is 920. The van der Waals surface area contributed by atoms with Crippen molar-refractivity contribution in [3.05, 3.63) is 24.0 Å². The van der Waals surface area contributed by atoms with E-state index in [2.05, 4.69) is 22.1 Å². The van der Waals surface area contributed by atoms with Gasteiger partial charge in [0.15, 0.2) is 0 Å². The summed E-state index contributed by atoms with van der Waals surface area (Å²) in [7, 11) is 0. The van der Waals surface area contributed by atoms with Gasteiger partial charge in [-0.2, -0.15) is 11.8 Å². The molecule has 148 valence electrons. The molecule has 6 heterocycles. The summed E-state index contributed by atoms with van der Waals surface area (Å²) >= 11 is 3.25. The highest BCUT2D eigenvalue weighted by Gasteiger charge is 2.40. The van der Waals surface area contributed by atoms with E-state index in [1.807, 2.05) is 17.0 Å². The number of rotatable bonds is 3. The summed E-state index contributed by atoms with van der Waals surface area (Å²) in [5.74, 6) is 2.14. The van der Waals surface area contributed by atoms with E-state index in [-0.39, 0.29) is 17.9 Å². The summed E-state index contributed by atoms with van der Waals surface area (Å²) in [5, 5.41) is 5.19. The van der Waals surface area contributed by atoms with Gasteiger partial charge in [-0.05, 0) is 50.9 Å². The molecule has 4 fully saturated rings. The molecule has 8 heteroatoms. The van der Waals surface area contributed by atoms with Gasteiger partial charge in [-0.25, -0.2) is 0 Å². The zero-order valence-electron chi connectivity index (χ0n) is 15.9. The second-order valence-corrected chi connectivity index (χ2v) is 10.1. The number of hydrogen-bond donors (Lipinski definition) is 1. The van der Waals surface area contributed by atoms with Gasteiger partial charge in [-0.15, -0.1) is 11.3 Å². The van der Waals surface area contributed by atoms with Gasteiger partial charge in [0.2, 0.25) is 5.91 Å². The molecule has 2 aromatic rings. The monoisotopic (exact) mass is 416 g/mol. The summed E-state index contributed by atoms with van der Waals surface area (Å²) in [4.78, 5) is 33.8. The van der Waals surface area contributed by atoms with Crippen LogP contribution in [0.3, 0.4) is 0 Å². The minimum absolute atomic E-state index is 0.0899. The van der Waals surface area contributed by atoms with Gasteiger partial charge in [0.05, 0.1) is 10.8 Å². The topological polar surface area (TPSA) is 65.5 Å². The Balaban J connectivity index is 1.36. The lowest BCUT2D eigenvalue weighted by molar-refractivity contribution is -0.116. The van der Waals surface area contributed by atoms with Gasteiger partial charge < -0.3 is 10.2 Å². The first-order valence-electron chi connectivity index (χ1n) is 9.93. The molecule has 2 bridgehead atoms. The maximum absolute atomic E-state index is 12.9. The van der Waals surface area contributed by atoms with Crippen molar-refractivity contribution in [3.63, 3.8) is 0 Å². The molecule has 0 radical (unpaired) electrons. The predicted molar refractivity (Wildman–Crippen MR) is 114 cm³/mol. The highest BCUT2D eigenvalue weighted by atomic mass is 32.2. The van der Waals surface area contributed by atoms with E-state index in [9.17, 15) is 9.59 Å². The summed E-state index contributed by atoms with van der Waals surface area (Å²) in [5.41, 5.74) is 0.463. The van der Waals surface area contributed by atoms with Crippen LogP contribution in [-0.2, 0) is 4.79 Å². The number of thioether (sulfide) groups is 1. The fraction of sp³-hybridized carbons (Fsp3) is 0.550. The number of hydrogen-bond acceptors (Lipinski definition) is 6. The minimum atomic E-state index is -0.0899. The van der Waals surface area contributed by atoms with Crippen LogP contribution in [-0.4, -0.2) is 64.9 Å². The first-order chi connectivity index (χ1) is 13.6. The van der Waals surface area contributed by atoms with Gasteiger partial charge in [0, 0.05) is 40.7 Å². The van der Waals surface area contributed by atoms with Crippen LogP contribution in [0.4, 0.5) is 5.00 Å². The van der Waals surface area contributed by atoms with Crippen LogP contribution in [0.15, 0.2) is 18.3 Å². The molecule has 4 aliphatic heterocycles. The van der Waals surface area contributed by atoms with Gasteiger partial charge in [0.1, 0.15) is 5.69 Å². The Morgan fingerprint density at radius 3 is 2.82 bits per heavy atom. The van der Waals surface area contributed by atoms with Crippen molar-refractivity contribution in [2.75, 3.05) is 36.0 Å².